The van der Waals surface area contributed by atoms with Crippen molar-refractivity contribution in [2.75, 3.05) is 26.7 Å². The van der Waals surface area contributed by atoms with Gasteiger partial charge >= 0.3 is 0 Å². The zero-order valence-electron chi connectivity index (χ0n) is 15.1. The Morgan fingerprint density at radius 1 is 1.12 bits per heavy atom. The third kappa shape index (κ3) is 3.49. The molecule has 2 aliphatic rings. The molecule has 0 saturated carbocycles. The molecule has 1 amide bonds. The molecule has 0 atom stereocenters. The molecule has 3 heterocycles. The number of hydrogen-bond donors (Lipinski definition) is 0. The molecular formula is C19H24FN5O. The number of amides is 1. The van der Waals surface area contributed by atoms with E-state index in [1.165, 1.54) is 12.1 Å². The first-order valence-electron chi connectivity index (χ1n) is 9.23. The summed E-state index contributed by atoms with van der Waals surface area (Å²) in [6, 6.07) is 6.11. The highest BCUT2D eigenvalue weighted by Crippen LogP contribution is 2.28. The fourth-order valence-corrected chi connectivity index (χ4v) is 3.85. The van der Waals surface area contributed by atoms with Crippen molar-refractivity contribution in [2.45, 2.75) is 38.3 Å². The second-order valence-electron chi connectivity index (χ2n) is 7.32. The maximum Gasteiger partial charge on any atom is 0.227 e. The van der Waals surface area contributed by atoms with Gasteiger partial charge in [-0.2, -0.15) is 0 Å². The first kappa shape index (κ1) is 17.1. The van der Waals surface area contributed by atoms with Crippen LogP contribution in [0.15, 0.2) is 24.3 Å². The van der Waals surface area contributed by atoms with Crippen LogP contribution in [-0.4, -0.2) is 57.2 Å². The highest BCUT2D eigenvalue weighted by atomic mass is 19.1. The van der Waals surface area contributed by atoms with Crippen LogP contribution in [0, 0.1) is 5.82 Å². The summed E-state index contributed by atoms with van der Waals surface area (Å²) in [5.74, 6) is 2.19. The SMILES string of the molecule is CN1CCC(c2nnc3n2CCN(C(=O)Cc2ccc(F)cc2)C3)CC1. The first-order valence-corrected chi connectivity index (χ1v) is 9.23. The molecule has 1 fully saturated rings. The molecule has 1 aromatic carbocycles. The Hall–Kier alpha value is -2.28. The van der Waals surface area contributed by atoms with Crippen LogP contribution in [0.3, 0.4) is 0 Å². The Morgan fingerprint density at radius 3 is 2.58 bits per heavy atom. The van der Waals surface area contributed by atoms with Gasteiger partial charge in [-0.25, -0.2) is 4.39 Å². The molecule has 26 heavy (non-hydrogen) atoms. The number of carbonyl (C=O) groups excluding carboxylic acids is 1. The smallest absolute Gasteiger partial charge is 0.227 e. The predicted molar refractivity (Wildman–Crippen MR) is 95.0 cm³/mol. The van der Waals surface area contributed by atoms with E-state index in [0.29, 0.717) is 19.0 Å². The van der Waals surface area contributed by atoms with Crippen molar-refractivity contribution in [2.24, 2.45) is 0 Å². The largest absolute Gasteiger partial charge is 0.333 e. The summed E-state index contributed by atoms with van der Waals surface area (Å²) in [7, 11) is 2.15. The zero-order chi connectivity index (χ0) is 18.1. The van der Waals surface area contributed by atoms with Crippen LogP contribution in [0.5, 0.6) is 0 Å². The molecule has 6 nitrogen and oxygen atoms in total. The summed E-state index contributed by atoms with van der Waals surface area (Å²) in [6.45, 7) is 4.10. The van der Waals surface area contributed by atoms with Gasteiger partial charge in [0, 0.05) is 19.0 Å². The average Bonchev–Trinajstić information content (AvgIpc) is 3.07. The standard InChI is InChI=1S/C19H24FN5O/c1-23-8-6-15(7-9-23)19-22-21-17-13-24(10-11-25(17)19)18(26)12-14-2-4-16(20)5-3-14/h2-5,15H,6-13H2,1H3. The number of carbonyl (C=O) groups is 1. The number of likely N-dealkylation sites (tertiary alicyclic amines) is 1. The molecule has 2 aliphatic heterocycles. The van der Waals surface area contributed by atoms with Gasteiger partial charge in [-0.1, -0.05) is 12.1 Å². The average molecular weight is 357 g/mol. The van der Waals surface area contributed by atoms with Gasteiger partial charge in [0.05, 0.1) is 13.0 Å². The number of halogens is 1. The molecule has 0 aliphatic carbocycles. The van der Waals surface area contributed by atoms with Gasteiger partial charge in [-0.05, 0) is 50.7 Å². The lowest BCUT2D eigenvalue weighted by Crippen LogP contribution is -2.40. The van der Waals surface area contributed by atoms with Crippen molar-refractivity contribution in [3.05, 3.63) is 47.3 Å². The Morgan fingerprint density at radius 2 is 1.85 bits per heavy atom. The number of aromatic nitrogens is 3. The zero-order valence-corrected chi connectivity index (χ0v) is 15.1. The number of nitrogens with zero attached hydrogens (tertiary/aromatic N) is 5. The van der Waals surface area contributed by atoms with Gasteiger partial charge in [0.1, 0.15) is 11.6 Å². The lowest BCUT2D eigenvalue weighted by atomic mass is 9.96. The molecule has 0 N–H and O–H groups in total. The van der Waals surface area contributed by atoms with Crippen molar-refractivity contribution in [3.63, 3.8) is 0 Å². The number of hydrogen-bond acceptors (Lipinski definition) is 4. The van der Waals surface area contributed by atoms with E-state index in [2.05, 4.69) is 26.7 Å². The molecule has 138 valence electrons. The van der Waals surface area contributed by atoms with Crippen LogP contribution in [0.25, 0.3) is 0 Å². The van der Waals surface area contributed by atoms with Gasteiger partial charge in [0.15, 0.2) is 5.82 Å². The van der Waals surface area contributed by atoms with Crippen molar-refractivity contribution < 1.29 is 9.18 Å². The van der Waals surface area contributed by atoms with E-state index in [1.807, 2.05) is 4.90 Å². The third-order valence-electron chi connectivity index (χ3n) is 5.49. The van der Waals surface area contributed by atoms with Crippen LogP contribution < -0.4 is 0 Å². The molecule has 0 spiro atoms. The first-order chi connectivity index (χ1) is 12.6. The summed E-state index contributed by atoms with van der Waals surface area (Å²) in [4.78, 5) is 16.7. The highest BCUT2D eigenvalue weighted by molar-refractivity contribution is 5.78. The normalized spacial score (nSPS) is 18.8. The second kappa shape index (κ2) is 7.15. The Balaban J connectivity index is 1.42. The predicted octanol–water partition coefficient (Wildman–Crippen LogP) is 1.81. The van der Waals surface area contributed by atoms with Crippen molar-refractivity contribution in [3.8, 4) is 0 Å². The van der Waals surface area contributed by atoms with Gasteiger partial charge in [-0.15, -0.1) is 10.2 Å². The lowest BCUT2D eigenvalue weighted by Gasteiger charge is -2.31. The van der Waals surface area contributed by atoms with Gasteiger partial charge < -0.3 is 14.4 Å². The van der Waals surface area contributed by atoms with E-state index in [1.54, 1.807) is 12.1 Å². The van der Waals surface area contributed by atoms with Crippen LogP contribution in [0.4, 0.5) is 4.39 Å². The fraction of sp³-hybridized carbons (Fsp3) is 0.526. The van der Waals surface area contributed by atoms with E-state index in [0.717, 1.165) is 49.7 Å². The number of fused-ring (bicyclic) bond motifs is 1. The second-order valence-corrected chi connectivity index (χ2v) is 7.32. The molecule has 7 heteroatoms. The maximum absolute atomic E-state index is 13.0. The third-order valence-corrected chi connectivity index (χ3v) is 5.49. The minimum Gasteiger partial charge on any atom is -0.333 e. The highest BCUT2D eigenvalue weighted by Gasteiger charge is 2.29. The Bertz CT molecular complexity index is 780. The van der Waals surface area contributed by atoms with E-state index < -0.39 is 0 Å². The van der Waals surface area contributed by atoms with E-state index in [9.17, 15) is 9.18 Å². The monoisotopic (exact) mass is 357 g/mol. The maximum atomic E-state index is 13.0. The Kier molecular flexibility index (Phi) is 4.72. The van der Waals surface area contributed by atoms with Crippen molar-refractivity contribution in [1.29, 1.82) is 0 Å². The molecule has 0 bridgehead atoms. The number of piperidine rings is 1. The summed E-state index contributed by atoms with van der Waals surface area (Å²) < 4.78 is 15.2. The summed E-state index contributed by atoms with van der Waals surface area (Å²) in [5.41, 5.74) is 0.829. The van der Waals surface area contributed by atoms with E-state index in [4.69, 9.17) is 0 Å². The molecule has 4 rings (SSSR count). The Labute approximate surface area is 152 Å². The molecule has 0 unspecified atom stereocenters. The van der Waals surface area contributed by atoms with Crippen molar-refractivity contribution >= 4 is 5.91 Å². The van der Waals surface area contributed by atoms with Crippen molar-refractivity contribution in [1.82, 2.24) is 24.6 Å². The van der Waals surface area contributed by atoms with Crippen LogP contribution in [0.2, 0.25) is 0 Å². The minimum absolute atomic E-state index is 0.0479. The lowest BCUT2D eigenvalue weighted by molar-refractivity contribution is -0.132. The van der Waals surface area contributed by atoms with E-state index in [-0.39, 0.29) is 18.1 Å². The van der Waals surface area contributed by atoms with Gasteiger partial charge in [0.2, 0.25) is 5.91 Å². The quantitative estimate of drug-likeness (QED) is 0.841. The summed E-state index contributed by atoms with van der Waals surface area (Å²) in [5, 5.41) is 8.81. The van der Waals surface area contributed by atoms with E-state index >= 15 is 0 Å². The topological polar surface area (TPSA) is 54.3 Å². The molecule has 2 aromatic rings. The minimum atomic E-state index is -0.284. The molecule has 1 saturated heterocycles. The van der Waals surface area contributed by atoms with Gasteiger partial charge in [-0.3, -0.25) is 4.79 Å². The van der Waals surface area contributed by atoms with Gasteiger partial charge in [0.25, 0.3) is 0 Å². The molecule has 1 aromatic heterocycles. The fourth-order valence-electron chi connectivity index (χ4n) is 3.85. The van der Waals surface area contributed by atoms with Crippen LogP contribution in [0.1, 0.15) is 36.0 Å². The molecule has 0 radical (unpaired) electrons. The number of rotatable bonds is 3. The molecular weight excluding hydrogens is 333 g/mol. The number of benzene rings is 1. The van der Waals surface area contributed by atoms with Crippen LogP contribution in [-0.2, 0) is 24.3 Å². The summed E-state index contributed by atoms with van der Waals surface area (Å²) in [6.07, 6.45) is 2.51. The summed E-state index contributed by atoms with van der Waals surface area (Å²) >= 11 is 0. The van der Waals surface area contributed by atoms with Crippen LogP contribution >= 0.6 is 0 Å².